The van der Waals surface area contributed by atoms with E-state index in [1.807, 2.05) is 36.4 Å². The summed E-state index contributed by atoms with van der Waals surface area (Å²) in [5, 5.41) is 3.70. The van der Waals surface area contributed by atoms with Gasteiger partial charge in [-0.25, -0.2) is 9.97 Å². The molecule has 1 fully saturated rings. The van der Waals surface area contributed by atoms with Crippen LogP contribution in [-0.2, 0) is 4.79 Å². The molecule has 0 aliphatic carbocycles. The Balaban J connectivity index is 1.39. The average Bonchev–Trinajstić information content (AvgIpc) is 2.78. The number of carbonyl (C=O) groups is 1. The van der Waals surface area contributed by atoms with Crippen molar-refractivity contribution in [1.82, 2.24) is 9.97 Å². The van der Waals surface area contributed by atoms with Gasteiger partial charge in [-0.15, -0.1) is 0 Å². The number of benzene rings is 2. The highest BCUT2D eigenvalue weighted by atomic mass is 35.5. The Bertz CT molecular complexity index is 1000. The molecule has 2 aromatic carbocycles. The maximum atomic E-state index is 12.7. The molecular formula is C22H20Cl2N4O. The van der Waals surface area contributed by atoms with Crippen LogP contribution in [0.5, 0.6) is 0 Å². The van der Waals surface area contributed by atoms with Crippen LogP contribution >= 0.6 is 23.2 Å². The Morgan fingerprint density at radius 3 is 2.52 bits per heavy atom. The molecule has 7 heteroatoms. The quantitative estimate of drug-likeness (QED) is 0.614. The van der Waals surface area contributed by atoms with Crippen LogP contribution in [0.4, 0.5) is 11.5 Å². The molecule has 0 bridgehead atoms. The number of hydrogen-bond acceptors (Lipinski definition) is 4. The van der Waals surface area contributed by atoms with Gasteiger partial charge in [0.15, 0.2) is 0 Å². The zero-order chi connectivity index (χ0) is 20.2. The highest BCUT2D eigenvalue weighted by Crippen LogP contribution is 2.31. The number of rotatable bonds is 4. The molecule has 1 aromatic heterocycles. The van der Waals surface area contributed by atoms with Crippen LogP contribution in [0.2, 0.25) is 10.0 Å². The van der Waals surface area contributed by atoms with Gasteiger partial charge in [-0.2, -0.15) is 0 Å². The summed E-state index contributed by atoms with van der Waals surface area (Å²) < 4.78 is 0. The number of piperidine rings is 1. The van der Waals surface area contributed by atoms with E-state index >= 15 is 0 Å². The summed E-state index contributed by atoms with van der Waals surface area (Å²) in [6.07, 6.45) is 3.08. The second kappa shape index (κ2) is 8.80. The molecule has 0 spiro atoms. The van der Waals surface area contributed by atoms with Gasteiger partial charge in [0.1, 0.15) is 12.1 Å². The van der Waals surface area contributed by atoms with Crippen molar-refractivity contribution in [3.8, 4) is 11.3 Å². The molecule has 2 heterocycles. The maximum absolute atomic E-state index is 12.7. The van der Waals surface area contributed by atoms with Crippen LogP contribution in [0.1, 0.15) is 12.8 Å². The Kier molecular flexibility index (Phi) is 5.97. The fourth-order valence-electron chi connectivity index (χ4n) is 3.49. The molecule has 5 nitrogen and oxygen atoms in total. The molecule has 0 radical (unpaired) electrons. The van der Waals surface area contributed by atoms with Crippen molar-refractivity contribution in [2.45, 2.75) is 12.8 Å². The van der Waals surface area contributed by atoms with E-state index in [2.05, 4.69) is 20.2 Å². The molecule has 0 atom stereocenters. The van der Waals surface area contributed by atoms with Crippen molar-refractivity contribution in [2.24, 2.45) is 5.92 Å². The SMILES string of the molecule is O=C(Nc1cccc(Cl)c1Cl)C1CCN(c2cc(-c3ccccc3)ncn2)CC1. The van der Waals surface area contributed by atoms with Crippen LogP contribution in [0.25, 0.3) is 11.3 Å². The molecule has 29 heavy (non-hydrogen) atoms. The predicted molar refractivity (Wildman–Crippen MR) is 117 cm³/mol. The Hall–Kier alpha value is -2.63. The van der Waals surface area contributed by atoms with E-state index in [9.17, 15) is 4.79 Å². The standard InChI is InChI=1S/C22H20Cl2N4O/c23-17-7-4-8-18(21(17)24)27-22(29)16-9-11-28(12-10-16)20-13-19(25-14-26-20)15-5-2-1-3-6-15/h1-8,13-14,16H,9-12H2,(H,27,29). The minimum Gasteiger partial charge on any atom is -0.356 e. The summed E-state index contributed by atoms with van der Waals surface area (Å²) >= 11 is 12.2. The topological polar surface area (TPSA) is 58.1 Å². The Morgan fingerprint density at radius 2 is 1.76 bits per heavy atom. The Labute approximate surface area is 179 Å². The molecule has 1 N–H and O–H groups in total. The second-order valence-corrected chi connectivity index (χ2v) is 7.76. The number of nitrogens with one attached hydrogen (secondary N) is 1. The fraction of sp³-hybridized carbons (Fsp3) is 0.227. The van der Waals surface area contributed by atoms with Gasteiger partial charge in [0.05, 0.1) is 21.4 Å². The van der Waals surface area contributed by atoms with Gasteiger partial charge >= 0.3 is 0 Å². The number of halogens is 2. The van der Waals surface area contributed by atoms with E-state index in [4.69, 9.17) is 23.2 Å². The van der Waals surface area contributed by atoms with Crippen molar-refractivity contribution >= 4 is 40.6 Å². The maximum Gasteiger partial charge on any atom is 0.227 e. The third-order valence-corrected chi connectivity index (χ3v) is 5.94. The first-order chi connectivity index (χ1) is 14.1. The van der Waals surface area contributed by atoms with Gasteiger partial charge in [0, 0.05) is 30.6 Å². The summed E-state index contributed by atoms with van der Waals surface area (Å²) in [5.41, 5.74) is 2.50. The van der Waals surface area contributed by atoms with E-state index in [0.717, 1.165) is 43.0 Å². The molecule has 1 aliphatic rings. The van der Waals surface area contributed by atoms with Crippen LogP contribution in [-0.4, -0.2) is 29.0 Å². The molecule has 1 aliphatic heterocycles. The molecule has 0 unspecified atom stereocenters. The van der Waals surface area contributed by atoms with E-state index in [0.29, 0.717) is 15.7 Å². The van der Waals surface area contributed by atoms with Crippen molar-refractivity contribution in [1.29, 1.82) is 0 Å². The van der Waals surface area contributed by atoms with Gasteiger partial charge in [-0.3, -0.25) is 4.79 Å². The number of hydrogen-bond donors (Lipinski definition) is 1. The monoisotopic (exact) mass is 426 g/mol. The molecule has 1 amide bonds. The van der Waals surface area contributed by atoms with Crippen molar-refractivity contribution in [3.05, 3.63) is 71.0 Å². The van der Waals surface area contributed by atoms with E-state index in [1.54, 1.807) is 24.5 Å². The van der Waals surface area contributed by atoms with Gasteiger partial charge in [-0.05, 0) is 25.0 Å². The lowest BCUT2D eigenvalue weighted by Crippen LogP contribution is -2.38. The Morgan fingerprint density at radius 1 is 1.00 bits per heavy atom. The van der Waals surface area contributed by atoms with Gasteiger partial charge in [0.25, 0.3) is 0 Å². The summed E-state index contributed by atoms with van der Waals surface area (Å²) in [5.74, 6) is 0.786. The van der Waals surface area contributed by atoms with Crippen LogP contribution < -0.4 is 10.2 Å². The van der Waals surface area contributed by atoms with Crippen LogP contribution in [0.15, 0.2) is 60.9 Å². The van der Waals surface area contributed by atoms with Gasteiger partial charge in [0.2, 0.25) is 5.91 Å². The highest BCUT2D eigenvalue weighted by Gasteiger charge is 2.26. The number of nitrogens with zero attached hydrogens (tertiary/aromatic N) is 3. The van der Waals surface area contributed by atoms with Crippen molar-refractivity contribution in [3.63, 3.8) is 0 Å². The smallest absolute Gasteiger partial charge is 0.227 e. The summed E-state index contributed by atoms with van der Waals surface area (Å²) in [6.45, 7) is 1.51. The largest absolute Gasteiger partial charge is 0.356 e. The molecular weight excluding hydrogens is 407 g/mol. The summed E-state index contributed by atoms with van der Waals surface area (Å²) in [7, 11) is 0. The first-order valence-electron chi connectivity index (χ1n) is 9.49. The summed E-state index contributed by atoms with van der Waals surface area (Å²) in [4.78, 5) is 23.7. The number of aromatic nitrogens is 2. The van der Waals surface area contributed by atoms with Crippen molar-refractivity contribution in [2.75, 3.05) is 23.3 Å². The minimum atomic E-state index is -0.0725. The number of amides is 1. The molecule has 0 saturated carbocycles. The summed E-state index contributed by atoms with van der Waals surface area (Å²) in [6, 6.07) is 17.3. The van der Waals surface area contributed by atoms with E-state index in [1.165, 1.54) is 0 Å². The van der Waals surface area contributed by atoms with Crippen molar-refractivity contribution < 1.29 is 4.79 Å². The fourth-order valence-corrected chi connectivity index (χ4v) is 3.84. The average molecular weight is 427 g/mol. The predicted octanol–water partition coefficient (Wildman–Crippen LogP) is 5.31. The lowest BCUT2D eigenvalue weighted by Gasteiger charge is -2.32. The second-order valence-electron chi connectivity index (χ2n) is 6.98. The normalized spacial score (nSPS) is 14.6. The molecule has 1 saturated heterocycles. The lowest BCUT2D eigenvalue weighted by molar-refractivity contribution is -0.120. The van der Waals surface area contributed by atoms with Crippen LogP contribution in [0, 0.1) is 5.92 Å². The van der Waals surface area contributed by atoms with Gasteiger partial charge in [-0.1, -0.05) is 59.6 Å². The van der Waals surface area contributed by atoms with E-state index < -0.39 is 0 Å². The first-order valence-corrected chi connectivity index (χ1v) is 10.2. The third-order valence-electron chi connectivity index (χ3n) is 5.12. The van der Waals surface area contributed by atoms with Crippen LogP contribution in [0.3, 0.4) is 0 Å². The van der Waals surface area contributed by atoms with E-state index in [-0.39, 0.29) is 11.8 Å². The molecule has 4 rings (SSSR count). The zero-order valence-corrected chi connectivity index (χ0v) is 17.2. The van der Waals surface area contributed by atoms with Gasteiger partial charge < -0.3 is 10.2 Å². The zero-order valence-electron chi connectivity index (χ0n) is 15.7. The highest BCUT2D eigenvalue weighted by molar-refractivity contribution is 6.44. The number of carbonyl (C=O) groups excluding carboxylic acids is 1. The third kappa shape index (κ3) is 4.52. The molecule has 148 valence electrons. The minimum absolute atomic E-state index is 0.0264. The number of anilines is 2. The lowest BCUT2D eigenvalue weighted by atomic mass is 9.95. The first kappa shape index (κ1) is 19.7. The molecule has 3 aromatic rings.